The molecule has 4 N–H and O–H groups in total. The fourth-order valence-electron chi connectivity index (χ4n) is 1.03. The molecule has 0 heterocycles. The topological polar surface area (TPSA) is 66.5 Å². The molecule has 0 aliphatic carbocycles. The number of aromatic hydroxyl groups is 2. The van der Waals surface area contributed by atoms with Gasteiger partial charge in [-0.15, -0.1) is 0 Å². The molecular formula is C8H9BrFNO2. The Bertz CT molecular complexity index is 341. The van der Waals surface area contributed by atoms with E-state index >= 15 is 0 Å². The van der Waals surface area contributed by atoms with Crippen LogP contribution in [0, 0.1) is 5.82 Å². The third-order valence-corrected chi connectivity index (χ3v) is 2.32. The smallest absolute Gasteiger partial charge is 0.194 e. The molecule has 5 heteroatoms. The van der Waals surface area contributed by atoms with Crippen molar-refractivity contribution in [1.29, 1.82) is 0 Å². The molecule has 1 aromatic carbocycles. The number of hydrogen-bond donors (Lipinski definition) is 3. The van der Waals surface area contributed by atoms with Crippen molar-refractivity contribution in [3.05, 3.63) is 21.9 Å². The molecule has 3 nitrogen and oxygen atoms in total. The van der Waals surface area contributed by atoms with Gasteiger partial charge in [0.2, 0.25) is 0 Å². The van der Waals surface area contributed by atoms with Gasteiger partial charge >= 0.3 is 0 Å². The number of nitrogens with two attached hydrogens (primary N) is 1. The second-order valence-corrected chi connectivity index (χ2v) is 3.60. The van der Waals surface area contributed by atoms with E-state index in [1.54, 1.807) is 6.92 Å². The molecule has 0 aromatic heterocycles. The monoisotopic (exact) mass is 249 g/mol. The van der Waals surface area contributed by atoms with Gasteiger partial charge in [-0.2, -0.15) is 0 Å². The van der Waals surface area contributed by atoms with Crippen molar-refractivity contribution in [2.45, 2.75) is 13.0 Å². The van der Waals surface area contributed by atoms with Gasteiger partial charge in [0.1, 0.15) is 0 Å². The Morgan fingerprint density at radius 3 is 2.54 bits per heavy atom. The maximum atomic E-state index is 13.3. The quantitative estimate of drug-likeness (QED) is 0.668. The molecule has 0 saturated heterocycles. The summed E-state index contributed by atoms with van der Waals surface area (Å²) in [6.45, 7) is 1.58. The second kappa shape index (κ2) is 3.51. The Kier molecular flexibility index (Phi) is 2.77. The normalized spacial score (nSPS) is 12.9. The summed E-state index contributed by atoms with van der Waals surface area (Å²) in [6, 6.07) is 0.651. The molecule has 1 atom stereocenters. The first kappa shape index (κ1) is 10.3. The van der Waals surface area contributed by atoms with Gasteiger partial charge in [0, 0.05) is 16.1 Å². The average Bonchev–Trinajstić information content (AvgIpc) is 1.99. The molecule has 0 amide bonds. The Hall–Kier alpha value is -0.810. The summed E-state index contributed by atoms with van der Waals surface area (Å²) in [5.74, 6) is -2.16. The Morgan fingerprint density at radius 2 is 2.08 bits per heavy atom. The molecule has 0 fully saturated rings. The summed E-state index contributed by atoms with van der Waals surface area (Å²) in [7, 11) is 0. The lowest BCUT2D eigenvalue weighted by Crippen LogP contribution is -2.08. The number of hydrogen-bond acceptors (Lipinski definition) is 3. The molecule has 0 radical (unpaired) electrons. The maximum Gasteiger partial charge on any atom is 0.194 e. The number of phenols is 2. The molecule has 0 bridgehead atoms. The highest BCUT2D eigenvalue weighted by atomic mass is 79.9. The summed E-state index contributed by atoms with van der Waals surface area (Å²) in [4.78, 5) is 0. The average molecular weight is 250 g/mol. The van der Waals surface area contributed by atoms with E-state index in [0.717, 1.165) is 0 Å². The predicted molar refractivity (Wildman–Crippen MR) is 50.0 cm³/mol. The number of phenolic OH excluding ortho intramolecular Hbond substituents is 2. The Labute approximate surface area is 83.1 Å². The highest BCUT2D eigenvalue weighted by Gasteiger charge is 2.18. The van der Waals surface area contributed by atoms with Gasteiger partial charge in [-0.25, -0.2) is 4.39 Å². The van der Waals surface area contributed by atoms with Crippen LogP contribution < -0.4 is 5.73 Å². The van der Waals surface area contributed by atoms with Crippen LogP contribution in [-0.2, 0) is 0 Å². The summed E-state index contributed by atoms with van der Waals surface area (Å²) >= 11 is 3.04. The molecule has 0 aliphatic heterocycles. The minimum Gasteiger partial charge on any atom is -0.504 e. The van der Waals surface area contributed by atoms with Gasteiger partial charge in [-0.05, 0) is 13.0 Å². The lowest BCUT2D eigenvalue weighted by atomic mass is 10.1. The summed E-state index contributed by atoms with van der Waals surface area (Å²) < 4.78 is 13.6. The fraction of sp³-hybridized carbons (Fsp3) is 0.250. The Balaban J connectivity index is 3.44. The zero-order chi connectivity index (χ0) is 10.2. The first-order chi connectivity index (χ1) is 5.95. The van der Waals surface area contributed by atoms with Gasteiger partial charge in [-0.3, -0.25) is 0 Å². The van der Waals surface area contributed by atoms with Crippen LogP contribution in [0.15, 0.2) is 10.5 Å². The second-order valence-electron chi connectivity index (χ2n) is 2.74. The van der Waals surface area contributed by atoms with E-state index in [-0.39, 0.29) is 5.56 Å². The summed E-state index contributed by atoms with van der Waals surface area (Å²) in [5, 5.41) is 18.1. The summed E-state index contributed by atoms with van der Waals surface area (Å²) in [5.41, 5.74) is 5.62. The van der Waals surface area contributed by atoms with Crippen LogP contribution in [0.4, 0.5) is 4.39 Å². The third-order valence-electron chi connectivity index (χ3n) is 1.66. The van der Waals surface area contributed by atoms with E-state index in [1.165, 1.54) is 6.07 Å². The van der Waals surface area contributed by atoms with Crippen molar-refractivity contribution in [2.75, 3.05) is 0 Å². The van der Waals surface area contributed by atoms with Crippen LogP contribution in [0.5, 0.6) is 11.5 Å². The summed E-state index contributed by atoms with van der Waals surface area (Å²) in [6.07, 6.45) is 0. The van der Waals surface area contributed by atoms with E-state index < -0.39 is 23.4 Å². The van der Waals surface area contributed by atoms with Crippen molar-refractivity contribution in [1.82, 2.24) is 0 Å². The molecule has 0 aliphatic rings. The minimum absolute atomic E-state index is 0.148. The van der Waals surface area contributed by atoms with Gasteiger partial charge < -0.3 is 15.9 Å². The largest absolute Gasteiger partial charge is 0.504 e. The molecular weight excluding hydrogens is 241 g/mol. The number of rotatable bonds is 1. The lowest BCUT2D eigenvalue weighted by Gasteiger charge is -2.11. The van der Waals surface area contributed by atoms with Crippen LogP contribution in [-0.4, -0.2) is 10.2 Å². The maximum absolute atomic E-state index is 13.3. The molecule has 13 heavy (non-hydrogen) atoms. The molecule has 1 rings (SSSR count). The first-order valence-electron chi connectivity index (χ1n) is 3.60. The van der Waals surface area contributed by atoms with E-state index in [0.29, 0.717) is 4.47 Å². The Morgan fingerprint density at radius 1 is 1.54 bits per heavy atom. The van der Waals surface area contributed by atoms with Crippen molar-refractivity contribution in [2.24, 2.45) is 5.73 Å². The van der Waals surface area contributed by atoms with E-state index in [4.69, 9.17) is 15.9 Å². The molecule has 72 valence electrons. The van der Waals surface area contributed by atoms with Crippen molar-refractivity contribution < 1.29 is 14.6 Å². The van der Waals surface area contributed by atoms with Gasteiger partial charge in [0.25, 0.3) is 0 Å². The van der Waals surface area contributed by atoms with E-state index in [2.05, 4.69) is 15.9 Å². The number of halogens is 2. The van der Waals surface area contributed by atoms with Crippen LogP contribution in [0.3, 0.4) is 0 Å². The van der Waals surface area contributed by atoms with E-state index in [1.807, 2.05) is 0 Å². The van der Waals surface area contributed by atoms with Crippen LogP contribution in [0.1, 0.15) is 18.5 Å². The standard InChI is InChI=1S/C8H9BrFNO2/c1-3(11)6-4(9)2-5(12)8(13)7(6)10/h2-3,12-13H,11H2,1H3. The number of benzene rings is 1. The van der Waals surface area contributed by atoms with Crippen molar-refractivity contribution >= 4 is 15.9 Å². The zero-order valence-electron chi connectivity index (χ0n) is 6.88. The third kappa shape index (κ3) is 1.76. The van der Waals surface area contributed by atoms with Gasteiger partial charge in [-0.1, -0.05) is 15.9 Å². The SMILES string of the molecule is CC(N)c1c(Br)cc(O)c(O)c1F. The van der Waals surface area contributed by atoms with Crippen molar-refractivity contribution in [3.63, 3.8) is 0 Å². The zero-order valence-corrected chi connectivity index (χ0v) is 8.47. The minimum atomic E-state index is -0.887. The van der Waals surface area contributed by atoms with Gasteiger partial charge in [0.05, 0.1) is 0 Å². The van der Waals surface area contributed by atoms with Gasteiger partial charge in [0.15, 0.2) is 17.3 Å². The van der Waals surface area contributed by atoms with Crippen molar-refractivity contribution in [3.8, 4) is 11.5 Å². The predicted octanol–water partition coefficient (Wildman–Crippen LogP) is 2.02. The molecule has 1 unspecified atom stereocenters. The highest BCUT2D eigenvalue weighted by molar-refractivity contribution is 9.10. The molecule has 0 spiro atoms. The molecule has 0 saturated carbocycles. The fourth-order valence-corrected chi connectivity index (χ4v) is 1.78. The van der Waals surface area contributed by atoms with Crippen LogP contribution >= 0.6 is 15.9 Å². The molecule has 1 aromatic rings. The first-order valence-corrected chi connectivity index (χ1v) is 4.39. The van der Waals surface area contributed by atoms with E-state index in [9.17, 15) is 4.39 Å². The van der Waals surface area contributed by atoms with Crippen LogP contribution in [0.2, 0.25) is 0 Å². The lowest BCUT2D eigenvalue weighted by molar-refractivity contribution is 0.374. The highest BCUT2D eigenvalue weighted by Crippen LogP contribution is 2.37. The van der Waals surface area contributed by atoms with Crippen LogP contribution in [0.25, 0.3) is 0 Å².